The van der Waals surface area contributed by atoms with E-state index in [1.807, 2.05) is 24.3 Å². The molecular weight excluding hydrogens is 264 g/mol. The summed E-state index contributed by atoms with van der Waals surface area (Å²) >= 11 is 0. The number of carboxylic acid groups (broad SMARTS) is 1. The van der Waals surface area contributed by atoms with E-state index >= 15 is 0 Å². The minimum absolute atomic E-state index is 0.0229. The third-order valence-electron chi connectivity index (χ3n) is 3.56. The monoisotopic (exact) mass is 288 g/mol. The van der Waals surface area contributed by atoms with Crippen molar-refractivity contribution in [3.05, 3.63) is 29.8 Å². The van der Waals surface area contributed by atoms with Crippen LogP contribution in [0.4, 0.5) is 0 Å². The molecule has 3 heteroatoms. The van der Waals surface area contributed by atoms with Gasteiger partial charge in [-0.3, -0.25) is 4.79 Å². The third kappa shape index (κ3) is 6.35. The summed E-state index contributed by atoms with van der Waals surface area (Å²) < 4.78 is 5.70. The highest BCUT2D eigenvalue weighted by molar-refractivity contribution is 5.69. The predicted octanol–water partition coefficient (Wildman–Crippen LogP) is 4.08. The SMILES string of the molecule is CC#C[C@@H](CC(=O)O)c1ccc(OCC[C@H](C)CC)cc1. The second-order valence-electron chi connectivity index (χ2n) is 5.26. The van der Waals surface area contributed by atoms with Gasteiger partial charge in [-0.05, 0) is 37.0 Å². The Morgan fingerprint density at radius 3 is 2.52 bits per heavy atom. The summed E-state index contributed by atoms with van der Waals surface area (Å²) in [5.74, 6) is 6.13. The highest BCUT2D eigenvalue weighted by atomic mass is 16.5. The summed E-state index contributed by atoms with van der Waals surface area (Å²) in [4.78, 5) is 10.9. The lowest BCUT2D eigenvalue weighted by atomic mass is 9.96. The summed E-state index contributed by atoms with van der Waals surface area (Å²) in [7, 11) is 0. The summed E-state index contributed by atoms with van der Waals surface area (Å²) in [5, 5.41) is 8.93. The quantitative estimate of drug-likeness (QED) is 0.733. The maximum atomic E-state index is 10.9. The lowest BCUT2D eigenvalue weighted by Crippen LogP contribution is -2.05. The Morgan fingerprint density at radius 2 is 2.00 bits per heavy atom. The van der Waals surface area contributed by atoms with Gasteiger partial charge in [-0.2, -0.15) is 0 Å². The molecule has 0 aromatic heterocycles. The molecule has 0 spiro atoms. The first-order chi connectivity index (χ1) is 10.1. The van der Waals surface area contributed by atoms with Crippen molar-refractivity contribution in [1.29, 1.82) is 0 Å². The van der Waals surface area contributed by atoms with E-state index < -0.39 is 5.97 Å². The zero-order valence-corrected chi connectivity index (χ0v) is 13.1. The number of ether oxygens (including phenoxy) is 1. The number of aliphatic carboxylic acids is 1. The Bertz CT molecular complexity index is 493. The molecule has 1 aromatic carbocycles. The Kier molecular flexibility index (Phi) is 7.39. The molecular formula is C18H24O3. The van der Waals surface area contributed by atoms with Crippen LogP contribution in [0.3, 0.4) is 0 Å². The molecule has 0 radical (unpaired) electrons. The highest BCUT2D eigenvalue weighted by Crippen LogP contribution is 2.22. The molecule has 0 fully saturated rings. The lowest BCUT2D eigenvalue weighted by Gasteiger charge is -2.12. The maximum Gasteiger partial charge on any atom is 0.304 e. The predicted molar refractivity (Wildman–Crippen MR) is 84.5 cm³/mol. The van der Waals surface area contributed by atoms with Gasteiger partial charge in [0.1, 0.15) is 5.75 Å². The van der Waals surface area contributed by atoms with Crippen LogP contribution in [-0.4, -0.2) is 17.7 Å². The number of benzene rings is 1. The lowest BCUT2D eigenvalue weighted by molar-refractivity contribution is -0.137. The van der Waals surface area contributed by atoms with E-state index in [9.17, 15) is 4.79 Å². The first kappa shape index (κ1) is 17.1. The van der Waals surface area contributed by atoms with Crippen LogP contribution < -0.4 is 4.74 Å². The Labute approximate surface area is 127 Å². The molecule has 0 saturated heterocycles. The van der Waals surface area contributed by atoms with Crippen LogP contribution in [0.1, 0.15) is 51.5 Å². The number of hydrogen-bond donors (Lipinski definition) is 1. The van der Waals surface area contributed by atoms with E-state index in [1.54, 1.807) is 6.92 Å². The van der Waals surface area contributed by atoms with Crippen molar-refractivity contribution in [2.75, 3.05) is 6.61 Å². The van der Waals surface area contributed by atoms with Crippen LogP contribution in [-0.2, 0) is 4.79 Å². The van der Waals surface area contributed by atoms with Crippen molar-refractivity contribution in [3.63, 3.8) is 0 Å². The van der Waals surface area contributed by atoms with Gasteiger partial charge < -0.3 is 9.84 Å². The van der Waals surface area contributed by atoms with Crippen molar-refractivity contribution in [1.82, 2.24) is 0 Å². The van der Waals surface area contributed by atoms with Crippen molar-refractivity contribution in [2.24, 2.45) is 5.92 Å². The van der Waals surface area contributed by atoms with Crippen LogP contribution in [0.5, 0.6) is 5.75 Å². The van der Waals surface area contributed by atoms with Gasteiger partial charge in [0.2, 0.25) is 0 Å². The first-order valence-electron chi connectivity index (χ1n) is 7.43. The largest absolute Gasteiger partial charge is 0.494 e. The third-order valence-corrected chi connectivity index (χ3v) is 3.56. The standard InChI is InChI=1S/C18H24O3/c1-4-6-16(13-18(19)20)15-7-9-17(10-8-15)21-12-11-14(3)5-2/h7-10,14,16H,5,11-13H2,1-3H3,(H,19,20)/t14-,16+/m1/s1. The molecule has 1 aromatic rings. The van der Waals surface area contributed by atoms with Gasteiger partial charge in [0.25, 0.3) is 0 Å². The molecule has 2 atom stereocenters. The van der Waals surface area contributed by atoms with Gasteiger partial charge in [0.15, 0.2) is 0 Å². The molecule has 1 rings (SSSR count). The van der Waals surface area contributed by atoms with Gasteiger partial charge in [-0.1, -0.05) is 38.3 Å². The number of rotatable bonds is 8. The Hall–Kier alpha value is -1.95. The molecule has 0 saturated carbocycles. The molecule has 0 aliphatic carbocycles. The fourth-order valence-corrected chi connectivity index (χ4v) is 1.98. The second kappa shape index (κ2) is 9.07. The van der Waals surface area contributed by atoms with E-state index in [2.05, 4.69) is 25.7 Å². The molecule has 0 bridgehead atoms. The molecule has 0 unspecified atom stereocenters. The average Bonchev–Trinajstić information content (AvgIpc) is 2.47. The molecule has 0 amide bonds. The van der Waals surface area contributed by atoms with E-state index in [0.717, 1.165) is 24.2 Å². The minimum Gasteiger partial charge on any atom is -0.494 e. The molecule has 0 heterocycles. The topological polar surface area (TPSA) is 46.5 Å². The van der Waals surface area contributed by atoms with Crippen molar-refractivity contribution >= 4 is 5.97 Å². The summed E-state index contributed by atoms with van der Waals surface area (Å²) in [6.45, 7) is 6.83. The summed E-state index contributed by atoms with van der Waals surface area (Å²) in [6, 6.07) is 7.57. The Morgan fingerprint density at radius 1 is 1.33 bits per heavy atom. The molecule has 21 heavy (non-hydrogen) atoms. The normalized spacial score (nSPS) is 12.9. The van der Waals surface area contributed by atoms with E-state index in [1.165, 1.54) is 0 Å². The van der Waals surface area contributed by atoms with Gasteiger partial charge in [0, 0.05) is 0 Å². The molecule has 1 N–H and O–H groups in total. The van der Waals surface area contributed by atoms with Gasteiger partial charge in [-0.25, -0.2) is 0 Å². The van der Waals surface area contributed by atoms with Crippen LogP contribution in [0.2, 0.25) is 0 Å². The fourth-order valence-electron chi connectivity index (χ4n) is 1.98. The van der Waals surface area contributed by atoms with Crippen LogP contribution in [0, 0.1) is 17.8 Å². The van der Waals surface area contributed by atoms with E-state index in [-0.39, 0.29) is 12.3 Å². The summed E-state index contributed by atoms with van der Waals surface area (Å²) in [6.07, 6.45) is 2.23. The number of carbonyl (C=O) groups is 1. The number of carboxylic acids is 1. The molecule has 3 nitrogen and oxygen atoms in total. The van der Waals surface area contributed by atoms with Crippen LogP contribution in [0.15, 0.2) is 24.3 Å². The van der Waals surface area contributed by atoms with Gasteiger partial charge >= 0.3 is 5.97 Å². The van der Waals surface area contributed by atoms with E-state index in [4.69, 9.17) is 9.84 Å². The van der Waals surface area contributed by atoms with Crippen molar-refractivity contribution in [3.8, 4) is 17.6 Å². The Balaban J connectivity index is 2.62. The van der Waals surface area contributed by atoms with Gasteiger partial charge in [0.05, 0.1) is 18.9 Å². The maximum absolute atomic E-state index is 10.9. The van der Waals surface area contributed by atoms with E-state index in [0.29, 0.717) is 12.5 Å². The van der Waals surface area contributed by atoms with Gasteiger partial charge in [-0.15, -0.1) is 5.92 Å². The molecule has 114 valence electrons. The second-order valence-corrected chi connectivity index (χ2v) is 5.26. The zero-order chi connectivity index (χ0) is 15.7. The minimum atomic E-state index is -0.836. The van der Waals surface area contributed by atoms with Crippen LogP contribution >= 0.6 is 0 Å². The first-order valence-corrected chi connectivity index (χ1v) is 7.43. The average molecular weight is 288 g/mol. The summed E-state index contributed by atoms with van der Waals surface area (Å²) in [5.41, 5.74) is 0.918. The van der Waals surface area contributed by atoms with Crippen molar-refractivity contribution in [2.45, 2.75) is 46.0 Å². The van der Waals surface area contributed by atoms with Crippen LogP contribution in [0.25, 0.3) is 0 Å². The highest BCUT2D eigenvalue weighted by Gasteiger charge is 2.13. The van der Waals surface area contributed by atoms with Crippen molar-refractivity contribution < 1.29 is 14.6 Å². The molecule has 0 aliphatic heterocycles. The smallest absolute Gasteiger partial charge is 0.304 e. The molecule has 0 aliphatic rings. The zero-order valence-electron chi connectivity index (χ0n) is 13.1. The fraction of sp³-hybridized carbons (Fsp3) is 0.500. The number of hydrogen-bond acceptors (Lipinski definition) is 2.